The zero-order valence-corrected chi connectivity index (χ0v) is 14.0. The molecular weight excluding hydrogens is 326 g/mol. The molecule has 128 valence electrons. The van der Waals surface area contributed by atoms with Gasteiger partial charge in [0.15, 0.2) is 5.82 Å². The van der Waals surface area contributed by atoms with Crippen LogP contribution in [-0.2, 0) is 6.54 Å². The molecule has 2 aromatic carbocycles. The molecule has 4 rings (SSSR count). The Bertz CT molecular complexity index is 1020. The van der Waals surface area contributed by atoms with Gasteiger partial charge < -0.3 is 9.88 Å². The van der Waals surface area contributed by atoms with Crippen LogP contribution >= 0.6 is 0 Å². The SMILES string of the molecule is O=C(NCCn1cnc2ccccc21)c1cnc(-c2ccccc2)nc1. The summed E-state index contributed by atoms with van der Waals surface area (Å²) in [5.74, 6) is 0.418. The van der Waals surface area contributed by atoms with Crippen molar-refractivity contribution < 1.29 is 4.79 Å². The maximum absolute atomic E-state index is 12.3. The van der Waals surface area contributed by atoms with Crippen LogP contribution in [0, 0.1) is 0 Å². The normalized spacial score (nSPS) is 10.8. The van der Waals surface area contributed by atoms with E-state index >= 15 is 0 Å². The summed E-state index contributed by atoms with van der Waals surface area (Å²) in [5.41, 5.74) is 3.37. The summed E-state index contributed by atoms with van der Waals surface area (Å²) in [6.45, 7) is 1.15. The van der Waals surface area contributed by atoms with Crippen LogP contribution in [0.25, 0.3) is 22.4 Å². The summed E-state index contributed by atoms with van der Waals surface area (Å²) in [5, 5.41) is 2.89. The maximum Gasteiger partial charge on any atom is 0.254 e. The Morgan fingerprint density at radius 2 is 1.65 bits per heavy atom. The molecule has 1 amide bonds. The average molecular weight is 343 g/mol. The van der Waals surface area contributed by atoms with Gasteiger partial charge in [-0.1, -0.05) is 42.5 Å². The minimum absolute atomic E-state index is 0.186. The number of amides is 1. The van der Waals surface area contributed by atoms with E-state index in [1.54, 1.807) is 18.7 Å². The zero-order valence-electron chi connectivity index (χ0n) is 14.0. The minimum atomic E-state index is -0.186. The molecule has 0 aliphatic heterocycles. The van der Waals surface area contributed by atoms with E-state index in [1.165, 1.54) is 0 Å². The van der Waals surface area contributed by atoms with Gasteiger partial charge in [0.2, 0.25) is 0 Å². The summed E-state index contributed by atoms with van der Waals surface area (Å²) in [6, 6.07) is 17.6. The molecule has 0 atom stereocenters. The lowest BCUT2D eigenvalue weighted by molar-refractivity contribution is 0.0951. The fraction of sp³-hybridized carbons (Fsp3) is 0.100. The number of carbonyl (C=O) groups excluding carboxylic acids is 1. The van der Waals surface area contributed by atoms with Crippen molar-refractivity contribution in [3.63, 3.8) is 0 Å². The number of carbonyl (C=O) groups is 1. The second-order valence-electron chi connectivity index (χ2n) is 5.84. The van der Waals surface area contributed by atoms with E-state index in [0.29, 0.717) is 24.5 Å². The molecule has 0 saturated heterocycles. The number of rotatable bonds is 5. The van der Waals surface area contributed by atoms with Crippen molar-refractivity contribution in [2.24, 2.45) is 0 Å². The van der Waals surface area contributed by atoms with Gasteiger partial charge in [0.1, 0.15) is 0 Å². The molecule has 2 heterocycles. The van der Waals surface area contributed by atoms with E-state index in [2.05, 4.69) is 20.3 Å². The molecule has 0 aliphatic rings. The molecule has 6 nitrogen and oxygen atoms in total. The summed E-state index contributed by atoms with van der Waals surface area (Å²) >= 11 is 0. The van der Waals surface area contributed by atoms with E-state index in [4.69, 9.17) is 0 Å². The van der Waals surface area contributed by atoms with Crippen molar-refractivity contribution >= 4 is 16.9 Å². The number of hydrogen-bond acceptors (Lipinski definition) is 4. The first-order valence-electron chi connectivity index (χ1n) is 8.37. The van der Waals surface area contributed by atoms with Gasteiger partial charge in [-0.05, 0) is 12.1 Å². The Labute approximate surface area is 150 Å². The molecule has 0 spiro atoms. The van der Waals surface area contributed by atoms with E-state index < -0.39 is 0 Å². The van der Waals surface area contributed by atoms with E-state index in [0.717, 1.165) is 16.6 Å². The Morgan fingerprint density at radius 1 is 0.923 bits per heavy atom. The summed E-state index contributed by atoms with van der Waals surface area (Å²) in [4.78, 5) is 25.2. The monoisotopic (exact) mass is 343 g/mol. The number of imidazole rings is 1. The molecule has 2 aromatic heterocycles. The van der Waals surface area contributed by atoms with Crippen LogP contribution in [0.1, 0.15) is 10.4 Å². The van der Waals surface area contributed by atoms with Crippen LogP contribution in [0.3, 0.4) is 0 Å². The van der Waals surface area contributed by atoms with E-state index in [-0.39, 0.29) is 5.91 Å². The van der Waals surface area contributed by atoms with Crippen LogP contribution in [-0.4, -0.2) is 32.0 Å². The summed E-state index contributed by atoms with van der Waals surface area (Å²) in [7, 11) is 0. The molecular formula is C20H17N5O. The third-order valence-electron chi connectivity index (χ3n) is 4.11. The molecule has 0 unspecified atom stereocenters. The molecule has 26 heavy (non-hydrogen) atoms. The molecule has 0 bridgehead atoms. The standard InChI is InChI=1S/C20H17N5O/c26-20(16-12-22-19(23-13-16)15-6-2-1-3-7-15)21-10-11-25-14-24-17-8-4-5-9-18(17)25/h1-9,12-14H,10-11H2,(H,21,26). The molecule has 0 saturated carbocycles. The predicted octanol–water partition coefficient (Wildman–Crippen LogP) is 2.92. The van der Waals surface area contributed by atoms with Crippen LogP contribution < -0.4 is 5.32 Å². The molecule has 6 heteroatoms. The highest BCUT2D eigenvalue weighted by atomic mass is 16.1. The highest BCUT2D eigenvalue weighted by Crippen LogP contribution is 2.13. The summed E-state index contributed by atoms with van der Waals surface area (Å²) in [6.07, 6.45) is 4.89. The van der Waals surface area contributed by atoms with Crippen LogP contribution in [0.5, 0.6) is 0 Å². The van der Waals surface area contributed by atoms with Crippen LogP contribution in [0.2, 0.25) is 0 Å². The smallest absolute Gasteiger partial charge is 0.254 e. The van der Waals surface area contributed by atoms with Gasteiger partial charge in [-0.15, -0.1) is 0 Å². The van der Waals surface area contributed by atoms with Gasteiger partial charge >= 0.3 is 0 Å². The lowest BCUT2D eigenvalue weighted by atomic mass is 10.2. The topological polar surface area (TPSA) is 72.7 Å². The van der Waals surface area contributed by atoms with Gasteiger partial charge in [0, 0.05) is 31.0 Å². The fourth-order valence-electron chi connectivity index (χ4n) is 2.76. The molecule has 4 aromatic rings. The fourth-order valence-corrected chi connectivity index (χ4v) is 2.76. The van der Waals surface area contributed by atoms with Gasteiger partial charge in [-0.2, -0.15) is 0 Å². The van der Waals surface area contributed by atoms with Crippen molar-refractivity contribution in [2.75, 3.05) is 6.54 Å². The first kappa shape index (κ1) is 16.0. The summed E-state index contributed by atoms with van der Waals surface area (Å²) < 4.78 is 2.02. The van der Waals surface area contributed by atoms with Crippen molar-refractivity contribution in [3.8, 4) is 11.4 Å². The van der Waals surface area contributed by atoms with Crippen molar-refractivity contribution in [2.45, 2.75) is 6.54 Å². The third-order valence-corrected chi connectivity index (χ3v) is 4.11. The average Bonchev–Trinajstić information content (AvgIpc) is 3.12. The lowest BCUT2D eigenvalue weighted by Crippen LogP contribution is -2.27. The number of hydrogen-bond donors (Lipinski definition) is 1. The Kier molecular flexibility index (Phi) is 4.38. The van der Waals surface area contributed by atoms with Gasteiger partial charge in [0.05, 0.1) is 22.9 Å². The van der Waals surface area contributed by atoms with Crippen LogP contribution in [0.15, 0.2) is 73.3 Å². The Balaban J connectivity index is 1.37. The lowest BCUT2D eigenvalue weighted by Gasteiger charge is -2.07. The minimum Gasteiger partial charge on any atom is -0.350 e. The number of nitrogens with zero attached hydrogens (tertiary/aromatic N) is 4. The highest BCUT2D eigenvalue weighted by molar-refractivity contribution is 5.93. The molecule has 0 fully saturated rings. The van der Waals surface area contributed by atoms with Gasteiger partial charge in [-0.3, -0.25) is 4.79 Å². The van der Waals surface area contributed by atoms with Crippen molar-refractivity contribution in [1.29, 1.82) is 0 Å². The quantitative estimate of drug-likeness (QED) is 0.605. The highest BCUT2D eigenvalue weighted by Gasteiger charge is 2.08. The Hall–Kier alpha value is -3.54. The number of para-hydroxylation sites is 2. The first-order valence-corrected chi connectivity index (χ1v) is 8.37. The van der Waals surface area contributed by atoms with Crippen molar-refractivity contribution in [3.05, 3.63) is 78.9 Å². The first-order chi connectivity index (χ1) is 12.8. The molecule has 1 N–H and O–H groups in total. The zero-order chi connectivity index (χ0) is 17.8. The largest absolute Gasteiger partial charge is 0.350 e. The van der Waals surface area contributed by atoms with Crippen LogP contribution in [0.4, 0.5) is 0 Å². The second-order valence-corrected chi connectivity index (χ2v) is 5.84. The molecule has 0 radical (unpaired) electrons. The third kappa shape index (κ3) is 3.30. The number of nitrogens with one attached hydrogen (secondary N) is 1. The number of benzene rings is 2. The predicted molar refractivity (Wildman–Crippen MR) is 99.5 cm³/mol. The van der Waals surface area contributed by atoms with Gasteiger partial charge in [-0.25, -0.2) is 15.0 Å². The molecule has 0 aliphatic carbocycles. The number of aromatic nitrogens is 4. The Morgan fingerprint density at radius 3 is 2.46 bits per heavy atom. The van der Waals surface area contributed by atoms with Crippen molar-refractivity contribution in [1.82, 2.24) is 24.8 Å². The van der Waals surface area contributed by atoms with E-state index in [9.17, 15) is 4.79 Å². The number of fused-ring (bicyclic) bond motifs is 1. The van der Waals surface area contributed by atoms with E-state index in [1.807, 2.05) is 59.2 Å². The maximum atomic E-state index is 12.3. The van der Waals surface area contributed by atoms with Gasteiger partial charge in [0.25, 0.3) is 5.91 Å². The second kappa shape index (κ2) is 7.14.